The van der Waals surface area contributed by atoms with E-state index in [1.807, 2.05) is 6.92 Å². The maximum Gasteiger partial charge on any atom is 0.413 e. The van der Waals surface area contributed by atoms with Gasteiger partial charge < -0.3 is 0 Å². The maximum absolute atomic E-state index is 11.6. The summed E-state index contributed by atoms with van der Waals surface area (Å²) in [5.74, 6) is 0. The van der Waals surface area contributed by atoms with Crippen molar-refractivity contribution in [3.05, 3.63) is 11.5 Å². The van der Waals surface area contributed by atoms with Gasteiger partial charge in [-0.15, -0.1) is 0 Å². The molecule has 3 nitrogen and oxygen atoms in total. The van der Waals surface area contributed by atoms with Crippen LogP contribution in [0.5, 0.6) is 0 Å². The third kappa shape index (κ3) is 8.06. The van der Waals surface area contributed by atoms with Gasteiger partial charge in [-0.25, -0.2) is 0 Å². The molecule has 7 heteroatoms. The Kier molecular flexibility index (Phi) is 5.14. The zero-order valence-electron chi connectivity index (χ0n) is 7.54. The van der Waals surface area contributed by atoms with Gasteiger partial charge in [0, 0.05) is 0 Å². The second-order valence-corrected chi connectivity index (χ2v) is 4.02. The minimum atomic E-state index is -4.63. The summed E-state index contributed by atoms with van der Waals surface area (Å²) in [4.78, 5) is 0. The van der Waals surface area contributed by atoms with Crippen molar-refractivity contribution in [2.75, 3.05) is 6.61 Å². The molecule has 0 aliphatic heterocycles. The monoisotopic (exact) mass is 232 g/mol. The molecule has 84 valence electrons. The van der Waals surface area contributed by atoms with Crippen LogP contribution in [0.25, 0.3) is 0 Å². The van der Waals surface area contributed by atoms with Crippen molar-refractivity contribution in [3.8, 4) is 0 Å². The highest BCUT2D eigenvalue weighted by Gasteiger charge is 2.30. The summed E-state index contributed by atoms with van der Waals surface area (Å²) < 4.78 is 59.9. The van der Waals surface area contributed by atoms with Gasteiger partial charge in [-0.05, 0) is 6.42 Å². The lowest BCUT2D eigenvalue weighted by Gasteiger charge is -2.04. The zero-order chi connectivity index (χ0) is 11.2. The smallest absolute Gasteiger partial charge is 0.257 e. The molecule has 0 aliphatic rings. The molecule has 0 fully saturated rings. The fraction of sp³-hybridized carbons (Fsp3) is 0.714. The first-order chi connectivity index (χ1) is 6.27. The fourth-order valence-corrected chi connectivity index (χ4v) is 1.29. The molecule has 0 bridgehead atoms. The van der Waals surface area contributed by atoms with Crippen molar-refractivity contribution in [2.24, 2.45) is 0 Å². The summed E-state index contributed by atoms with van der Waals surface area (Å²) in [7, 11) is -4.19. The SMILES string of the molecule is CCCC=CS(=O)(=O)OCC(F)(F)F. The van der Waals surface area contributed by atoms with E-state index in [2.05, 4.69) is 4.18 Å². The quantitative estimate of drug-likeness (QED) is 0.682. The van der Waals surface area contributed by atoms with Gasteiger partial charge in [0.2, 0.25) is 0 Å². The molecule has 0 unspecified atom stereocenters. The highest BCUT2D eigenvalue weighted by Crippen LogP contribution is 2.16. The lowest BCUT2D eigenvalue weighted by atomic mass is 10.3. The van der Waals surface area contributed by atoms with E-state index >= 15 is 0 Å². The molecule has 0 rings (SSSR count). The minimum absolute atomic E-state index is 0.481. The summed E-state index contributed by atoms with van der Waals surface area (Å²) in [6.07, 6.45) is -2.18. The Balaban J connectivity index is 4.10. The lowest BCUT2D eigenvalue weighted by molar-refractivity contribution is -0.152. The van der Waals surface area contributed by atoms with E-state index in [9.17, 15) is 21.6 Å². The van der Waals surface area contributed by atoms with Gasteiger partial charge in [-0.2, -0.15) is 21.6 Å². The van der Waals surface area contributed by atoms with Crippen molar-refractivity contribution >= 4 is 10.1 Å². The van der Waals surface area contributed by atoms with Crippen molar-refractivity contribution in [3.63, 3.8) is 0 Å². The summed E-state index contributed by atoms with van der Waals surface area (Å²) in [5, 5.41) is 0.641. The largest absolute Gasteiger partial charge is 0.413 e. The van der Waals surface area contributed by atoms with Crippen molar-refractivity contribution in [1.82, 2.24) is 0 Å². The number of allylic oxidation sites excluding steroid dienone is 1. The first-order valence-electron chi connectivity index (χ1n) is 3.89. The number of rotatable bonds is 5. The molecule has 0 saturated carbocycles. The molecule has 0 amide bonds. The molecule has 0 heterocycles. The molecule has 14 heavy (non-hydrogen) atoms. The average Bonchev–Trinajstić information content (AvgIpc) is 2.00. The third-order valence-electron chi connectivity index (χ3n) is 1.11. The van der Waals surface area contributed by atoms with Crippen LogP contribution in [0.2, 0.25) is 0 Å². The predicted molar refractivity (Wildman–Crippen MR) is 45.0 cm³/mol. The Morgan fingerprint density at radius 1 is 1.36 bits per heavy atom. The average molecular weight is 232 g/mol. The molecular formula is C7H11F3O3S. The number of alkyl halides is 3. The van der Waals surface area contributed by atoms with Gasteiger partial charge >= 0.3 is 6.18 Å². The number of hydrogen-bond donors (Lipinski definition) is 0. The second-order valence-electron chi connectivity index (χ2n) is 2.53. The predicted octanol–water partition coefficient (Wildman–Crippen LogP) is 2.21. The van der Waals surface area contributed by atoms with Crippen LogP contribution in [-0.4, -0.2) is 21.2 Å². The van der Waals surface area contributed by atoms with Crippen molar-refractivity contribution in [1.29, 1.82) is 0 Å². The normalized spacial score (nSPS) is 13.7. The van der Waals surface area contributed by atoms with Crippen LogP contribution in [-0.2, 0) is 14.3 Å². The standard InChI is InChI=1S/C7H11F3O3S/c1-2-3-4-5-14(11,12)13-6-7(8,9)10/h4-5H,2-3,6H2,1H3. The summed E-state index contributed by atoms with van der Waals surface area (Å²) in [6, 6.07) is 0. The van der Waals surface area contributed by atoms with Gasteiger partial charge in [0.05, 0.1) is 5.41 Å². The highest BCUT2D eigenvalue weighted by atomic mass is 32.2. The van der Waals surface area contributed by atoms with E-state index in [0.717, 1.165) is 0 Å². The van der Waals surface area contributed by atoms with Crippen LogP contribution in [0.3, 0.4) is 0 Å². The third-order valence-corrected chi connectivity index (χ3v) is 2.08. The Morgan fingerprint density at radius 2 is 1.93 bits per heavy atom. The molecule has 0 N–H and O–H groups in total. The molecule has 0 radical (unpaired) electrons. The Hall–Kier alpha value is -0.560. The number of halogens is 3. The zero-order valence-corrected chi connectivity index (χ0v) is 8.36. The second kappa shape index (κ2) is 5.35. The Labute approximate surface area is 80.7 Å². The van der Waals surface area contributed by atoms with E-state index < -0.39 is 22.9 Å². The van der Waals surface area contributed by atoms with Crippen molar-refractivity contribution in [2.45, 2.75) is 25.9 Å². The first-order valence-corrected chi connectivity index (χ1v) is 5.36. The van der Waals surface area contributed by atoms with Gasteiger partial charge in [-0.1, -0.05) is 19.4 Å². The minimum Gasteiger partial charge on any atom is -0.257 e. The molecule has 0 aromatic heterocycles. The van der Waals surface area contributed by atoms with Crippen LogP contribution < -0.4 is 0 Å². The van der Waals surface area contributed by atoms with E-state index in [1.54, 1.807) is 0 Å². The van der Waals surface area contributed by atoms with Gasteiger partial charge in [-0.3, -0.25) is 4.18 Å². The molecule has 0 saturated heterocycles. The van der Waals surface area contributed by atoms with Crippen molar-refractivity contribution < 1.29 is 25.8 Å². The molecule has 0 aromatic carbocycles. The van der Waals surface area contributed by atoms with E-state index in [-0.39, 0.29) is 0 Å². The summed E-state index contributed by atoms with van der Waals surface area (Å²) in [5.41, 5.74) is 0. The van der Waals surface area contributed by atoms with E-state index in [0.29, 0.717) is 18.2 Å². The summed E-state index contributed by atoms with van der Waals surface area (Å²) >= 11 is 0. The van der Waals surface area contributed by atoms with E-state index in [1.165, 1.54) is 6.08 Å². The topological polar surface area (TPSA) is 43.4 Å². The number of unbranched alkanes of at least 4 members (excludes halogenated alkanes) is 1. The van der Waals surface area contributed by atoms with Crippen LogP contribution in [0.15, 0.2) is 11.5 Å². The Morgan fingerprint density at radius 3 is 2.36 bits per heavy atom. The fourth-order valence-electron chi connectivity index (χ4n) is 0.541. The highest BCUT2D eigenvalue weighted by molar-refractivity contribution is 7.89. The van der Waals surface area contributed by atoms with Crippen LogP contribution in [0.4, 0.5) is 13.2 Å². The molecular weight excluding hydrogens is 221 g/mol. The maximum atomic E-state index is 11.6. The summed E-state index contributed by atoms with van der Waals surface area (Å²) in [6.45, 7) is 0.0271. The van der Waals surface area contributed by atoms with Crippen LogP contribution >= 0.6 is 0 Å². The van der Waals surface area contributed by atoms with Crippen LogP contribution in [0.1, 0.15) is 19.8 Å². The molecule has 0 aliphatic carbocycles. The van der Waals surface area contributed by atoms with Gasteiger partial charge in [0.25, 0.3) is 10.1 Å². The lowest BCUT2D eigenvalue weighted by Crippen LogP contribution is -2.19. The molecule has 0 spiro atoms. The van der Waals surface area contributed by atoms with Gasteiger partial charge in [0.15, 0.2) is 6.61 Å². The van der Waals surface area contributed by atoms with Gasteiger partial charge in [0.1, 0.15) is 0 Å². The molecule has 0 atom stereocenters. The Bertz CT molecular complexity index is 279. The first kappa shape index (κ1) is 13.4. The number of hydrogen-bond acceptors (Lipinski definition) is 3. The molecule has 0 aromatic rings. The van der Waals surface area contributed by atoms with E-state index in [4.69, 9.17) is 0 Å². The van der Waals surface area contributed by atoms with Crippen LogP contribution in [0, 0.1) is 0 Å².